The molecule has 1 N–H and O–H groups in total. The highest BCUT2D eigenvalue weighted by Crippen LogP contribution is 2.42. The minimum Gasteiger partial charge on any atom is -0.314 e. The molecule has 1 unspecified atom stereocenters. The van der Waals surface area contributed by atoms with Gasteiger partial charge in [-0.15, -0.1) is 0 Å². The van der Waals surface area contributed by atoms with Crippen molar-refractivity contribution < 1.29 is 31.1 Å². The summed E-state index contributed by atoms with van der Waals surface area (Å²) in [6.45, 7) is 2.67. The quantitative estimate of drug-likeness (QED) is 0.480. The lowest BCUT2D eigenvalue weighted by molar-refractivity contribution is -0.143. The minimum absolute atomic E-state index is 0.0481. The van der Waals surface area contributed by atoms with Gasteiger partial charge in [0.15, 0.2) is 0 Å². The van der Waals surface area contributed by atoms with Crippen LogP contribution in [0.25, 0.3) is 10.8 Å². The molecule has 3 aromatic rings. The summed E-state index contributed by atoms with van der Waals surface area (Å²) >= 11 is 0. The smallest absolute Gasteiger partial charge is 0.314 e. The summed E-state index contributed by atoms with van der Waals surface area (Å²) in [7, 11) is 0. The molecule has 2 aliphatic rings. The molecule has 5 rings (SSSR count). The fourth-order valence-electron chi connectivity index (χ4n) is 5.13. The van der Waals surface area contributed by atoms with E-state index in [1.54, 1.807) is 12.1 Å². The first-order valence-electron chi connectivity index (χ1n) is 11.6. The summed E-state index contributed by atoms with van der Waals surface area (Å²) in [6.07, 6.45) is -10.0. The Kier molecular flexibility index (Phi) is 6.20. The van der Waals surface area contributed by atoms with E-state index in [9.17, 15) is 31.1 Å². The Labute approximate surface area is 203 Å². The van der Waals surface area contributed by atoms with E-state index in [0.29, 0.717) is 31.9 Å². The van der Waals surface area contributed by atoms with E-state index in [2.05, 4.69) is 10.2 Å². The molecule has 1 saturated heterocycles. The van der Waals surface area contributed by atoms with Crippen LogP contribution in [0.15, 0.2) is 54.6 Å². The van der Waals surface area contributed by atoms with Crippen molar-refractivity contribution in [3.8, 4) is 0 Å². The van der Waals surface area contributed by atoms with Gasteiger partial charge in [-0.25, -0.2) is 0 Å². The summed E-state index contributed by atoms with van der Waals surface area (Å²) in [5.41, 5.74) is -1.37. The largest absolute Gasteiger partial charge is 0.416 e. The molecule has 0 spiro atoms. The number of carbonyl (C=O) groups is 1. The zero-order valence-corrected chi connectivity index (χ0v) is 19.1. The molecule has 1 amide bonds. The Balaban J connectivity index is 1.53. The van der Waals surface area contributed by atoms with Gasteiger partial charge < -0.3 is 10.2 Å². The Hall–Kier alpha value is -3.11. The topological polar surface area (TPSA) is 35.6 Å². The van der Waals surface area contributed by atoms with Crippen LogP contribution >= 0.6 is 0 Å². The Bertz CT molecular complexity index is 1260. The van der Waals surface area contributed by atoms with Crippen molar-refractivity contribution in [2.75, 3.05) is 37.6 Å². The zero-order chi connectivity index (χ0) is 25.7. The van der Waals surface area contributed by atoms with Gasteiger partial charge in [0.25, 0.3) is 0 Å². The number of hydrogen-bond acceptors (Lipinski definition) is 3. The average Bonchev–Trinajstić information content (AvgIpc) is 2.83. The van der Waals surface area contributed by atoms with Crippen molar-refractivity contribution in [3.05, 3.63) is 76.9 Å². The zero-order valence-electron chi connectivity index (χ0n) is 19.1. The Morgan fingerprint density at radius 3 is 2.08 bits per heavy atom. The molecule has 0 bridgehead atoms. The third-order valence-electron chi connectivity index (χ3n) is 6.79. The molecular formula is C26H23F6N3O. The molecule has 0 radical (unpaired) electrons. The van der Waals surface area contributed by atoms with Crippen LogP contribution in [-0.2, 0) is 23.6 Å². The van der Waals surface area contributed by atoms with E-state index >= 15 is 0 Å². The maximum absolute atomic E-state index is 13.8. The lowest BCUT2D eigenvalue weighted by atomic mass is 9.90. The number of hydrogen-bond donors (Lipinski definition) is 1. The van der Waals surface area contributed by atoms with Crippen LogP contribution in [0.5, 0.6) is 0 Å². The molecule has 3 aromatic carbocycles. The maximum Gasteiger partial charge on any atom is 0.416 e. The van der Waals surface area contributed by atoms with Crippen LogP contribution < -0.4 is 10.2 Å². The van der Waals surface area contributed by atoms with Gasteiger partial charge in [-0.05, 0) is 47.2 Å². The molecule has 4 nitrogen and oxygen atoms in total. The predicted octanol–water partition coefficient (Wildman–Crippen LogP) is 5.41. The van der Waals surface area contributed by atoms with E-state index in [1.807, 2.05) is 24.3 Å². The molecule has 1 fully saturated rings. The molecule has 0 saturated carbocycles. The van der Waals surface area contributed by atoms with E-state index in [0.717, 1.165) is 28.5 Å². The van der Waals surface area contributed by atoms with Crippen molar-refractivity contribution in [3.63, 3.8) is 0 Å². The van der Waals surface area contributed by atoms with E-state index in [1.165, 1.54) is 4.90 Å². The van der Waals surface area contributed by atoms with Gasteiger partial charge in [0.2, 0.25) is 5.91 Å². The van der Waals surface area contributed by atoms with Gasteiger partial charge in [-0.1, -0.05) is 30.3 Å². The fourth-order valence-corrected chi connectivity index (χ4v) is 5.13. The van der Waals surface area contributed by atoms with Gasteiger partial charge in [0.1, 0.15) is 6.04 Å². The number of amides is 1. The highest BCUT2D eigenvalue weighted by molar-refractivity contribution is 6.12. The van der Waals surface area contributed by atoms with Crippen molar-refractivity contribution in [2.45, 2.75) is 24.8 Å². The number of alkyl halides is 6. The van der Waals surface area contributed by atoms with E-state index in [-0.39, 0.29) is 30.5 Å². The highest BCUT2D eigenvalue weighted by atomic mass is 19.4. The lowest BCUT2D eigenvalue weighted by Gasteiger charge is -2.41. The number of rotatable bonds is 4. The van der Waals surface area contributed by atoms with Crippen molar-refractivity contribution >= 4 is 22.4 Å². The lowest BCUT2D eigenvalue weighted by Crippen LogP contribution is -2.52. The number of halogens is 6. The SMILES string of the molecule is O=C1C(N2CCNCC2)c2cccc3cccc(c23)N1CCc1cc(C(F)(F)F)cc(C(F)(F)F)c1. The summed E-state index contributed by atoms with van der Waals surface area (Å²) in [4.78, 5) is 17.4. The predicted molar refractivity (Wildman–Crippen MR) is 124 cm³/mol. The first-order valence-corrected chi connectivity index (χ1v) is 11.6. The highest BCUT2D eigenvalue weighted by Gasteiger charge is 2.39. The number of carbonyl (C=O) groups excluding carboxylic acids is 1. The first kappa shape index (κ1) is 24.6. The van der Waals surface area contributed by atoms with Gasteiger partial charge in [0.05, 0.1) is 16.8 Å². The summed E-state index contributed by atoms with van der Waals surface area (Å²) < 4.78 is 79.9. The molecule has 2 aliphatic heterocycles. The van der Waals surface area contributed by atoms with Gasteiger partial charge in [-0.2, -0.15) is 26.3 Å². The van der Waals surface area contributed by atoms with Crippen LogP contribution in [0.3, 0.4) is 0 Å². The van der Waals surface area contributed by atoms with Gasteiger partial charge in [0, 0.05) is 38.1 Å². The molecule has 10 heteroatoms. The van der Waals surface area contributed by atoms with Crippen LogP contribution in [-0.4, -0.2) is 43.5 Å². The molecule has 2 heterocycles. The second-order valence-corrected chi connectivity index (χ2v) is 9.07. The Morgan fingerprint density at radius 2 is 1.47 bits per heavy atom. The minimum atomic E-state index is -4.92. The third-order valence-corrected chi connectivity index (χ3v) is 6.79. The van der Waals surface area contributed by atoms with Crippen LogP contribution in [0.1, 0.15) is 28.3 Å². The van der Waals surface area contributed by atoms with E-state index < -0.39 is 29.5 Å². The number of benzene rings is 3. The van der Waals surface area contributed by atoms with Gasteiger partial charge >= 0.3 is 12.4 Å². The molecule has 36 heavy (non-hydrogen) atoms. The third kappa shape index (κ3) is 4.55. The van der Waals surface area contributed by atoms with Gasteiger partial charge in [-0.3, -0.25) is 9.69 Å². The normalized spacial score (nSPS) is 19.2. The number of nitrogens with one attached hydrogen (secondary N) is 1. The average molecular weight is 507 g/mol. The monoisotopic (exact) mass is 507 g/mol. The molecule has 190 valence electrons. The summed E-state index contributed by atoms with van der Waals surface area (Å²) in [6, 6.07) is 12.2. The summed E-state index contributed by atoms with van der Waals surface area (Å²) in [5, 5.41) is 5.05. The second-order valence-electron chi connectivity index (χ2n) is 9.07. The van der Waals surface area contributed by atoms with Crippen molar-refractivity contribution in [1.29, 1.82) is 0 Å². The molecule has 0 aliphatic carbocycles. The Morgan fingerprint density at radius 1 is 0.861 bits per heavy atom. The molecular weight excluding hydrogens is 484 g/mol. The van der Waals surface area contributed by atoms with Crippen LogP contribution in [0.2, 0.25) is 0 Å². The van der Waals surface area contributed by atoms with Crippen LogP contribution in [0.4, 0.5) is 32.0 Å². The standard InChI is InChI=1S/C26H23F6N3O/c27-25(28,29)18-13-16(14-19(15-18)26(30,31)32)7-10-35-21-6-2-4-17-3-1-5-20(22(17)21)23(24(35)36)34-11-8-33-9-12-34/h1-6,13-15,23,33H,7-12H2. The maximum atomic E-state index is 13.8. The number of piperazine rings is 1. The second kappa shape index (κ2) is 9.08. The molecule has 1 atom stereocenters. The van der Waals surface area contributed by atoms with E-state index in [4.69, 9.17) is 0 Å². The van der Waals surface area contributed by atoms with Crippen molar-refractivity contribution in [1.82, 2.24) is 10.2 Å². The first-order chi connectivity index (χ1) is 17.0. The number of anilines is 1. The molecule has 0 aromatic heterocycles. The van der Waals surface area contributed by atoms with Crippen molar-refractivity contribution in [2.24, 2.45) is 0 Å². The van der Waals surface area contributed by atoms with Crippen LogP contribution in [0, 0.1) is 0 Å². The fraction of sp³-hybridized carbons (Fsp3) is 0.346. The number of nitrogens with zero attached hydrogens (tertiary/aromatic N) is 2. The summed E-state index contributed by atoms with van der Waals surface area (Å²) in [5.74, 6) is -0.230.